The molecule has 3 aromatic rings. The quantitative estimate of drug-likeness (QED) is 0.284. The van der Waals surface area contributed by atoms with Crippen LogP contribution >= 0.6 is 11.6 Å². The smallest absolute Gasteiger partial charge is 0.253 e. The van der Waals surface area contributed by atoms with Crippen molar-refractivity contribution >= 4 is 58.0 Å². The Balaban J connectivity index is 0.775. The van der Waals surface area contributed by atoms with Gasteiger partial charge in [0.15, 0.2) is 0 Å². The summed E-state index contributed by atoms with van der Waals surface area (Å²) in [4.78, 5) is 61.5. The molecule has 13 heteroatoms. The number of amides is 4. The Labute approximate surface area is 339 Å². The minimum atomic E-state index is -0.481. The van der Waals surface area contributed by atoms with Crippen LogP contribution in [0.15, 0.2) is 66.7 Å². The molecular formula is C44H51ClN8O4. The molecule has 0 saturated carbocycles. The van der Waals surface area contributed by atoms with Gasteiger partial charge in [-0.25, -0.2) is 0 Å². The molecule has 0 aliphatic carbocycles. The summed E-state index contributed by atoms with van der Waals surface area (Å²) < 4.78 is 0. The van der Waals surface area contributed by atoms with Crippen LogP contribution < -0.4 is 25.3 Å². The molecule has 5 aliphatic rings. The minimum Gasteiger partial charge on any atom is -0.374 e. The van der Waals surface area contributed by atoms with E-state index in [1.54, 1.807) is 4.90 Å². The third-order valence-electron chi connectivity index (χ3n) is 12.9. The van der Waals surface area contributed by atoms with Crippen LogP contribution in [0.5, 0.6) is 0 Å². The van der Waals surface area contributed by atoms with E-state index in [1.807, 2.05) is 59.5 Å². The lowest BCUT2D eigenvalue weighted by Crippen LogP contribution is -2.52. The molecule has 2 N–H and O–H groups in total. The fraction of sp³-hybridized carbons (Fsp3) is 0.477. The normalized spacial score (nSPS) is 23.1. The van der Waals surface area contributed by atoms with Crippen molar-refractivity contribution in [2.45, 2.75) is 64.0 Å². The van der Waals surface area contributed by atoms with Gasteiger partial charge in [0.05, 0.1) is 17.1 Å². The standard InChI is InChI=1S/C44H51ClN8O4/c1-30-25-44(29-53(30)37-10-7-33(26-46)38(45)24-37)15-19-50(20-16-44)35-8-5-32(6-9-35)43(57)51-17-13-31(14-18-51)27-49-21-22-52(41(55)28-49)36-4-2-3-34(23-36)47-39-11-12-40(54)48-42(39)56/h2-10,23-24,30-31,39,47H,11-22,25,27-29H2,1H3,(H,48,54,56)/t30-,39+/m1/s1. The first kappa shape index (κ1) is 38.7. The van der Waals surface area contributed by atoms with Crippen molar-refractivity contribution in [3.8, 4) is 6.07 Å². The zero-order chi connectivity index (χ0) is 39.7. The molecule has 5 fully saturated rings. The van der Waals surface area contributed by atoms with Gasteiger partial charge in [0.1, 0.15) is 12.1 Å². The van der Waals surface area contributed by atoms with E-state index >= 15 is 0 Å². The lowest BCUT2D eigenvalue weighted by atomic mass is 9.76. The molecule has 0 unspecified atom stereocenters. The summed E-state index contributed by atoms with van der Waals surface area (Å²) in [6, 6.07) is 23.6. The molecule has 0 aromatic heterocycles. The van der Waals surface area contributed by atoms with Gasteiger partial charge >= 0.3 is 0 Å². The van der Waals surface area contributed by atoms with Gasteiger partial charge in [0.25, 0.3) is 5.91 Å². The number of benzene rings is 3. The third-order valence-corrected chi connectivity index (χ3v) is 13.2. The zero-order valence-corrected chi connectivity index (χ0v) is 33.3. The predicted octanol–water partition coefficient (Wildman–Crippen LogP) is 5.52. The number of hydrogen-bond donors (Lipinski definition) is 2. The van der Waals surface area contributed by atoms with Crippen molar-refractivity contribution in [2.24, 2.45) is 11.3 Å². The summed E-state index contributed by atoms with van der Waals surface area (Å²) in [5.41, 5.74) is 5.28. The topological polar surface area (TPSA) is 132 Å². The molecular weight excluding hydrogens is 740 g/mol. The summed E-state index contributed by atoms with van der Waals surface area (Å²) >= 11 is 6.38. The molecule has 3 aromatic carbocycles. The maximum Gasteiger partial charge on any atom is 0.253 e. The second-order valence-electron chi connectivity index (χ2n) is 16.7. The second kappa shape index (κ2) is 16.4. The lowest BCUT2D eigenvalue weighted by molar-refractivity contribution is -0.133. The first-order chi connectivity index (χ1) is 27.6. The van der Waals surface area contributed by atoms with Crippen LogP contribution in [0.25, 0.3) is 0 Å². The molecule has 8 rings (SSSR count). The van der Waals surface area contributed by atoms with Crippen LogP contribution in [0.3, 0.4) is 0 Å². The number of nitrogens with zero attached hydrogens (tertiary/aromatic N) is 6. The average molecular weight is 791 g/mol. The molecule has 0 radical (unpaired) electrons. The Morgan fingerprint density at radius 3 is 2.37 bits per heavy atom. The van der Waals surface area contributed by atoms with Gasteiger partial charge in [-0.1, -0.05) is 17.7 Å². The SMILES string of the molecule is C[C@@H]1CC2(CCN(c3ccc(C(=O)N4CCC(CN5CCN(c6cccc(N[C@H]7CCC(=O)NC7=O)c6)C(=O)C5)CC4)cc3)CC2)CN1c1ccc(C#N)c(Cl)c1. The Kier molecular flexibility index (Phi) is 11.1. The number of imide groups is 1. The molecule has 4 amide bonds. The Hall–Kier alpha value is -5.12. The fourth-order valence-electron chi connectivity index (χ4n) is 9.67. The van der Waals surface area contributed by atoms with E-state index in [0.717, 1.165) is 93.1 Å². The Bertz CT molecular complexity index is 2050. The molecule has 57 heavy (non-hydrogen) atoms. The van der Waals surface area contributed by atoms with Crippen molar-refractivity contribution in [2.75, 3.05) is 78.9 Å². The first-order valence-electron chi connectivity index (χ1n) is 20.4. The number of carbonyl (C=O) groups is 4. The lowest BCUT2D eigenvalue weighted by Gasteiger charge is -2.40. The number of piperazine rings is 1. The number of nitrogens with one attached hydrogen (secondary N) is 2. The highest BCUT2D eigenvalue weighted by Gasteiger charge is 2.44. The average Bonchev–Trinajstić information content (AvgIpc) is 3.54. The molecule has 5 aliphatic heterocycles. The van der Waals surface area contributed by atoms with Crippen molar-refractivity contribution in [1.29, 1.82) is 5.26 Å². The number of anilines is 4. The van der Waals surface area contributed by atoms with Crippen molar-refractivity contribution in [3.05, 3.63) is 82.9 Å². The van der Waals surface area contributed by atoms with Crippen LogP contribution in [0.1, 0.15) is 67.8 Å². The van der Waals surface area contributed by atoms with Gasteiger partial charge in [0, 0.05) is 93.1 Å². The largest absolute Gasteiger partial charge is 0.374 e. The van der Waals surface area contributed by atoms with E-state index in [4.69, 9.17) is 11.6 Å². The number of carbonyl (C=O) groups excluding carboxylic acids is 4. The highest BCUT2D eigenvalue weighted by Crippen LogP contribution is 2.46. The van der Waals surface area contributed by atoms with Crippen LogP contribution in [0.2, 0.25) is 5.02 Å². The molecule has 1 spiro atoms. The Morgan fingerprint density at radius 1 is 0.912 bits per heavy atom. The van der Waals surface area contributed by atoms with Gasteiger partial charge in [-0.3, -0.25) is 29.4 Å². The van der Waals surface area contributed by atoms with Crippen molar-refractivity contribution in [3.63, 3.8) is 0 Å². The van der Waals surface area contributed by atoms with E-state index < -0.39 is 6.04 Å². The third kappa shape index (κ3) is 8.46. The predicted molar refractivity (Wildman–Crippen MR) is 222 cm³/mol. The van der Waals surface area contributed by atoms with Crippen LogP contribution in [0, 0.1) is 22.7 Å². The summed E-state index contributed by atoms with van der Waals surface area (Å²) in [5, 5.41) is 15.4. The van der Waals surface area contributed by atoms with E-state index in [0.29, 0.717) is 61.6 Å². The van der Waals surface area contributed by atoms with Gasteiger partial charge in [0.2, 0.25) is 17.7 Å². The van der Waals surface area contributed by atoms with Gasteiger partial charge in [-0.2, -0.15) is 5.26 Å². The van der Waals surface area contributed by atoms with Crippen LogP contribution in [-0.4, -0.2) is 104 Å². The van der Waals surface area contributed by atoms with Crippen molar-refractivity contribution in [1.82, 2.24) is 15.1 Å². The first-order valence-corrected chi connectivity index (χ1v) is 20.8. The summed E-state index contributed by atoms with van der Waals surface area (Å²) in [6.45, 7) is 9.20. The zero-order valence-electron chi connectivity index (χ0n) is 32.6. The second-order valence-corrected chi connectivity index (χ2v) is 17.1. The van der Waals surface area contributed by atoms with E-state index in [9.17, 15) is 24.4 Å². The molecule has 12 nitrogen and oxygen atoms in total. The number of nitriles is 1. The van der Waals surface area contributed by atoms with E-state index in [1.165, 1.54) is 0 Å². The monoisotopic (exact) mass is 790 g/mol. The molecule has 298 valence electrons. The van der Waals surface area contributed by atoms with Crippen LogP contribution in [-0.2, 0) is 14.4 Å². The minimum absolute atomic E-state index is 0.0461. The van der Waals surface area contributed by atoms with Crippen LogP contribution in [0.4, 0.5) is 22.7 Å². The number of halogens is 1. The maximum absolute atomic E-state index is 13.6. The number of likely N-dealkylation sites (tertiary alicyclic amines) is 1. The summed E-state index contributed by atoms with van der Waals surface area (Å²) in [5.74, 6) is -0.0199. The highest BCUT2D eigenvalue weighted by atomic mass is 35.5. The van der Waals surface area contributed by atoms with E-state index in [2.05, 4.69) is 50.5 Å². The van der Waals surface area contributed by atoms with Gasteiger partial charge in [-0.15, -0.1) is 0 Å². The molecule has 2 atom stereocenters. The number of rotatable bonds is 8. The van der Waals surface area contributed by atoms with Gasteiger partial charge in [-0.05, 0) is 117 Å². The fourth-order valence-corrected chi connectivity index (χ4v) is 9.88. The summed E-state index contributed by atoms with van der Waals surface area (Å²) in [6.07, 6.45) is 5.92. The number of piperidine rings is 3. The van der Waals surface area contributed by atoms with Crippen molar-refractivity contribution < 1.29 is 19.2 Å². The van der Waals surface area contributed by atoms with E-state index in [-0.39, 0.29) is 29.0 Å². The Morgan fingerprint density at radius 2 is 1.67 bits per heavy atom. The molecule has 5 saturated heterocycles. The summed E-state index contributed by atoms with van der Waals surface area (Å²) in [7, 11) is 0. The highest BCUT2D eigenvalue weighted by molar-refractivity contribution is 6.32. The number of hydrogen-bond acceptors (Lipinski definition) is 9. The molecule has 5 heterocycles. The van der Waals surface area contributed by atoms with Gasteiger partial charge < -0.3 is 24.9 Å². The molecule has 0 bridgehead atoms. The maximum atomic E-state index is 13.6.